The molecule has 2 rings (SSSR count). The quantitative estimate of drug-likeness (QED) is 0.645. The Balaban J connectivity index is 1.90. The van der Waals surface area contributed by atoms with Gasteiger partial charge < -0.3 is 11.1 Å². The van der Waals surface area contributed by atoms with Crippen LogP contribution in [0.4, 0.5) is 5.13 Å². The minimum atomic E-state index is -0.623. The maximum absolute atomic E-state index is 11.8. The Morgan fingerprint density at radius 2 is 1.95 bits per heavy atom. The zero-order valence-corrected chi connectivity index (χ0v) is 12.1. The van der Waals surface area contributed by atoms with Crippen molar-refractivity contribution in [2.75, 3.05) is 11.9 Å². The van der Waals surface area contributed by atoms with Crippen LogP contribution >= 0.6 is 11.3 Å². The van der Waals surface area contributed by atoms with Gasteiger partial charge in [-0.25, -0.2) is 15.0 Å². The maximum atomic E-state index is 11.8. The van der Waals surface area contributed by atoms with Crippen molar-refractivity contribution in [1.29, 1.82) is 0 Å². The molecular formula is C12H12N6O3S. The minimum absolute atomic E-state index is 0.0124. The summed E-state index contributed by atoms with van der Waals surface area (Å²) in [6.45, 7) is -0.224. The predicted octanol–water partition coefficient (Wildman–Crippen LogP) is -0.671. The standard InChI is InChI=1S/C12H12N6O3S/c13-8(19)5-16-9(20)4-7-6-22-12(17-7)18-11(21)10-14-2-1-3-15-10/h1-3,6H,4-5H2,(H2,13,19)(H,16,20)(H,17,18,21). The van der Waals surface area contributed by atoms with Crippen LogP contribution in [0.1, 0.15) is 16.3 Å². The lowest BCUT2D eigenvalue weighted by molar-refractivity contribution is -0.124. The second-order valence-corrected chi connectivity index (χ2v) is 4.95. The van der Waals surface area contributed by atoms with Gasteiger partial charge in [-0.15, -0.1) is 11.3 Å². The number of carbonyl (C=O) groups excluding carboxylic acids is 3. The first-order valence-electron chi connectivity index (χ1n) is 6.12. The fourth-order valence-corrected chi connectivity index (χ4v) is 2.13. The molecule has 0 radical (unpaired) electrons. The summed E-state index contributed by atoms with van der Waals surface area (Å²) in [5.74, 6) is -1.46. The summed E-state index contributed by atoms with van der Waals surface area (Å²) in [5.41, 5.74) is 5.39. The summed E-state index contributed by atoms with van der Waals surface area (Å²) in [6.07, 6.45) is 2.90. The first-order valence-corrected chi connectivity index (χ1v) is 7.00. The van der Waals surface area contributed by atoms with Crippen LogP contribution in [0.15, 0.2) is 23.8 Å². The molecule has 0 aliphatic rings. The van der Waals surface area contributed by atoms with Crippen LogP contribution in [0.3, 0.4) is 0 Å². The molecule has 0 spiro atoms. The van der Waals surface area contributed by atoms with E-state index in [1.807, 2.05) is 0 Å². The van der Waals surface area contributed by atoms with Gasteiger partial charge in [0.05, 0.1) is 18.7 Å². The van der Waals surface area contributed by atoms with Crippen molar-refractivity contribution in [2.45, 2.75) is 6.42 Å². The highest BCUT2D eigenvalue weighted by molar-refractivity contribution is 7.14. The van der Waals surface area contributed by atoms with Gasteiger partial charge >= 0.3 is 0 Å². The van der Waals surface area contributed by atoms with Gasteiger partial charge in [-0.3, -0.25) is 19.7 Å². The molecule has 0 saturated heterocycles. The molecule has 22 heavy (non-hydrogen) atoms. The number of amides is 3. The van der Waals surface area contributed by atoms with E-state index in [9.17, 15) is 14.4 Å². The number of rotatable bonds is 6. The number of thiazole rings is 1. The third kappa shape index (κ3) is 4.59. The largest absolute Gasteiger partial charge is 0.368 e. The summed E-state index contributed by atoms with van der Waals surface area (Å²) in [6, 6.07) is 1.60. The summed E-state index contributed by atoms with van der Waals surface area (Å²) in [5, 5.41) is 6.85. The van der Waals surface area contributed by atoms with Crippen LogP contribution in [0.5, 0.6) is 0 Å². The zero-order valence-electron chi connectivity index (χ0n) is 11.3. The van der Waals surface area contributed by atoms with Gasteiger partial charge in [-0.05, 0) is 6.07 Å². The highest BCUT2D eigenvalue weighted by Crippen LogP contribution is 2.16. The Kier molecular flexibility index (Phi) is 5.09. The van der Waals surface area contributed by atoms with Crippen molar-refractivity contribution < 1.29 is 14.4 Å². The highest BCUT2D eigenvalue weighted by Gasteiger charge is 2.12. The van der Waals surface area contributed by atoms with Crippen LogP contribution in [0.2, 0.25) is 0 Å². The SMILES string of the molecule is NC(=O)CNC(=O)Cc1csc(NC(=O)c2ncccn2)n1. The van der Waals surface area contributed by atoms with Crippen molar-refractivity contribution in [1.82, 2.24) is 20.3 Å². The summed E-state index contributed by atoms with van der Waals surface area (Å²) < 4.78 is 0. The Hall–Kier alpha value is -2.88. The average molecular weight is 320 g/mol. The lowest BCUT2D eigenvalue weighted by Gasteiger charge is -2.00. The van der Waals surface area contributed by atoms with E-state index in [2.05, 4.69) is 25.6 Å². The molecule has 0 bridgehead atoms. The molecule has 0 atom stereocenters. The molecule has 2 aromatic rings. The fraction of sp³-hybridized carbons (Fsp3) is 0.167. The van der Waals surface area contributed by atoms with E-state index in [0.717, 1.165) is 0 Å². The number of nitrogens with one attached hydrogen (secondary N) is 2. The summed E-state index contributed by atoms with van der Waals surface area (Å²) in [4.78, 5) is 45.6. The van der Waals surface area contributed by atoms with Gasteiger partial charge in [0, 0.05) is 17.8 Å². The van der Waals surface area contributed by atoms with Gasteiger partial charge in [0.2, 0.25) is 17.6 Å². The molecular weight excluding hydrogens is 308 g/mol. The minimum Gasteiger partial charge on any atom is -0.368 e. The molecule has 0 fully saturated rings. The molecule has 0 unspecified atom stereocenters. The van der Waals surface area contributed by atoms with Crippen molar-refractivity contribution in [3.63, 3.8) is 0 Å². The Labute approximate surface area is 129 Å². The average Bonchev–Trinajstić information content (AvgIpc) is 2.93. The van der Waals surface area contributed by atoms with E-state index in [-0.39, 0.29) is 24.7 Å². The lowest BCUT2D eigenvalue weighted by Crippen LogP contribution is -2.34. The first-order chi connectivity index (χ1) is 10.5. The molecule has 2 aromatic heterocycles. The second-order valence-electron chi connectivity index (χ2n) is 4.09. The van der Waals surface area contributed by atoms with Gasteiger partial charge in [0.1, 0.15) is 0 Å². The van der Waals surface area contributed by atoms with E-state index in [4.69, 9.17) is 5.73 Å². The second kappa shape index (κ2) is 7.22. The van der Waals surface area contributed by atoms with E-state index in [1.54, 1.807) is 11.4 Å². The highest BCUT2D eigenvalue weighted by atomic mass is 32.1. The Morgan fingerprint density at radius 1 is 1.23 bits per heavy atom. The van der Waals surface area contributed by atoms with E-state index in [1.165, 1.54) is 23.7 Å². The van der Waals surface area contributed by atoms with Crippen molar-refractivity contribution in [3.05, 3.63) is 35.4 Å². The predicted molar refractivity (Wildman–Crippen MR) is 78.0 cm³/mol. The van der Waals surface area contributed by atoms with Crippen LogP contribution in [0, 0.1) is 0 Å². The molecule has 0 aliphatic carbocycles. The zero-order chi connectivity index (χ0) is 15.9. The maximum Gasteiger partial charge on any atom is 0.295 e. The lowest BCUT2D eigenvalue weighted by atomic mass is 10.3. The molecule has 114 valence electrons. The van der Waals surface area contributed by atoms with Crippen molar-refractivity contribution in [3.8, 4) is 0 Å². The number of anilines is 1. The Morgan fingerprint density at radius 3 is 2.64 bits per heavy atom. The third-order valence-electron chi connectivity index (χ3n) is 2.34. The molecule has 0 saturated carbocycles. The molecule has 0 aliphatic heterocycles. The van der Waals surface area contributed by atoms with Gasteiger partial charge in [-0.1, -0.05) is 0 Å². The van der Waals surface area contributed by atoms with Crippen molar-refractivity contribution in [2.24, 2.45) is 5.73 Å². The molecule has 0 aromatic carbocycles. The molecule has 4 N–H and O–H groups in total. The fourth-order valence-electron chi connectivity index (χ4n) is 1.43. The third-order valence-corrected chi connectivity index (χ3v) is 3.15. The van der Waals surface area contributed by atoms with Gasteiger partial charge in [0.15, 0.2) is 5.13 Å². The van der Waals surface area contributed by atoms with Gasteiger partial charge in [-0.2, -0.15) is 0 Å². The number of hydrogen-bond acceptors (Lipinski definition) is 7. The summed E-state index contributed by atoms with van der Waals surface area (Å²) in [7, 11) is 0. The van der Waals surface area contributed by atoms with Crippen LogP contribution in [0.25, 0.3) is 0 Å². The Bertz CT molecular complexity index is 687. The van der Waals surface area contributed by atoms with Crippen LogP contribution in [-0.4, -0.2) is 39.2 Å². The first kappa shape index (κ1) is 15.5. The topological polar surface area (TPSA) is 140 Å². The van der Waals surface area contributed by atoms with E-state index >= 15 is 0 Å². The number of aromatic nitrogens is 3. The number of nitrogens with two attached hydrogens (primary N) is 1. The molecule has 10 heteroatoms. The van der Waals surface area contributed by atoms with Gasteiger partial charge in [0.25, 0.3) is 5.91 Å². The number of hydrogen-bond donors (Lipinski definition) is 3. The normalized spacial score (nSPS) is 10.0. The summed E-state index contributed by atoms with van der Waals surface area (Å²) >= 11 is 1.17. The van der Waals surface area contributed by atoms with E-state index < -0.39 is 11.8 Å². The molecule has 3 amide bonds. The van der Waals surface area contributed by atoms with Crippen molar-refractivity contribution >= 4 is 34.2 Å². The number of nitrogens with zero attached hydrogens (tertiary/aromatic N) is 3. The van der Waals surface area contributed by atoms with Crippen LogP contribution in [-0.2, 0) is 16.0 Å². The molecule has 2 heterocycles. The van der Waals surface area contributed by atoms with E-state index in [0.29, 0.717) is 10.8 Å². The van der Waals surface area contributed by atoms with Crippen LogP contribution < -0.4 is 16.4 Å². The molecule has 9 nitrogen and oxygen atoms in total. The number of carbonyl (C=O) groups is 3. The number of primary amides is 1. The monoisotopic (exact) mass is 320 g/mol. The smallest absolute Gasteiger partial charge is 0.295 e.